The number of benzene rings is 3. The third-order valence-electron chi connectivity index (χ3n) is 3.67. The first-order chi connectivity index (χ1) is 10.4. The second-order valence-corrected chi connectivity index (χ2v) is 6.45. The molecule has 0 aliphatic heterocycles. The molecule has 0 aliphatic rings. The summed E-state index contributed by atoms with van der Waals surface area (Å²) in [6, 6.07) is 28.3. The molecule has 3 rings (SSSR count). The average molecular weight is 286 g/mol. The van der Waals surface area contributed by atoms with Gasteiger partial charge in [0.15, 0.2) is 0 Å². The summed E-state index contributed by atoms with van der Waals surface area (Å²) in [5.41, 5.74) is 4.03. The highest BCUT2D eigenvalue weighted by atomic mass is 28.2. The molecule has 3 aromatic carbocycles. The molecular formula is C20H18Si. The third kappa shape index (κ3) is 3.31. The van der Waals surface area contributed by atoms with Crippen LogP contribution in [0.4, 0.5) is 0 Å². The van der Waals surface area contributed by atoms with Gasteiger partial charge < -0.3 is 0 Å². The van der Waals surface area contributed by atoms with Gasteiger partial charge in [-0.15, -0.1) is 0 Å². The molecule has 21 heavy (non-hydrogen) atoms. The van der Waals surface area contributed by atoms with Crippen molar-refractivity contribution in [2.45, 2.75) is 13.3 Å². The van der Waals surface area contributed by atoms with Crippen molar-refractivity contribution in [2.24, 2.45) is 0 Å². The molecule has 0 aliphatic carbocycles. The smallest absolute Gasteiger partial charge is 0.0628 e. The van der Waals surface area contributed by atoms with Crippen molar-refractivity contribution in [1.82, 2.24) is 0 Å². The molecule has 0 saturated carbocycles. The van der Waals surface area contributed by atoms with Gasteiger partial charge in [-0.3, -0.25) is 0 Å². The molecule has 2 radical (unpaired) electrons. The minimum Gasteiger partial charge on any atom is -0.0628 e. The largest absolute Gasteiger partial charge is 0.121 e. The Morgan fingerprint density at radius 1 is 0.667 bits per heavy atom. The summed E-state index contributed by atoms with van der Waals surface area (Å²) in [7, 11) is 0.736. The molecule has 0 heterocycles. The minimum atomic E-state index is 0.736. The predicted molar refractivity (Wildman–Crippen MR) is 92.7 cm³/mol. The Morgan fingerprint density at radius 2 is 1.29 bits per heavy atom. The molecule has 0 aromatic heterocycles. The maximum Gasteiger partial charge on any atom is 0.121 e. The molecule has 1 heteroatoms. The fourth-order valence-corrected chi connectivity index (χ4v) is 3.73. The first-order valence-electron chi connectivity index (χ1n) is 7.37. The van der Waals surface area contributed by atoms with E-state index < -0.39 is 0 Å². The van der Waals surface area contributed by atoms with E-state index in [-0.39, 0.29) is 0 Å². The van der Waals surface area contributed by atoms with Gasteiger partial charge >= 0.3 is 0 Å². The van der Waals surface area contributed by atoms with Crippen LogP contribution in [0.2, 0.25) is 0 Å². The van der Waals surface area contributed by atoms with Gasteiger partial charge in [-0.1, -0.05) is 96.2 Å². The monoisotopic (exact) mass is 286 g/mol. The van der Waals surface area contributed by atoms with Crippen molar-refractivity contribution in [3.8, 4) is 11.1 Å². The Labute approximate surface area is 129 Å². The molecule has 0 N–H and O–H groups in total. The molecule has 0 bridgehead atoms. The summed E-state index contributed by atoms with van der Waals surface area (Å²) in [5.74, 6) is 0. The highest BCUT2D eigenvalue weighted by Crippen LogP contribution is 2.16. The van der Waals surface area contributed by atoms with Gasteiger partial charge in [0, 0.05) is 0 Å². The highest BCUT2D eigenvalue weighted by Gasteiger charge is 2.03. The van der Waals surface area contributed by atoms with Gasteiger partial charge in [0.1, 0.15) is 9.52 Å². The molecule has 0 amide bonds. The number of aryl methyl sites for hydroxylation is 1. The SMILES string of the molecule is CCc1ccccc1[Si]c1ccc(-c2ccccc2)cc1. The van der Waals surface area contributed by atoms with Crippen LogP contribution in [0.25, 0.3) is 11.1 Å². The molecule has 102 valence electrons. The summed E-state index contributed by atoms with van der Waals surface area (Å²) in [4.78, 5) is 0. The van der Waals surface area contributed by atoms with Crippen LogP contribution >= 0.6 is 0 Å². The lowest BCUT2D eigenvalue weighted by Gasteiger charge is -2.08. The average Bonchev–Trinajstić information content (AvgIpc) is 2.57. The molecule has 0 saturated heterocycles. The van der Waals surface area contributed by atoms with Gasteiger partial charge in [-0.25, -0.2) is 0 Å². The predicted octanol–water partition coefficient (Wildman–Crippen LogP) is 3.57. The molecule has 0 atom stereocenters. The van der Waals surface area contributed by atoms with Crippen molar-refractivity contribution < 1.29 is 0 Å². The van der Waals surface area contributed by atoms with E-state index >= 15 is 0 Å². The third-order valence-corrected chi connectivity index (χ3v) is 5.05. The topological polar surface area (TPSA) is 0 Å². The fourth-order valence-electron chi connectivity index (χ4n) is 2.48. The maximum absolute atomic E-state index is 2.26. The van der Waals surface area contributed by atoms with Gasteiger partial charge in [0.05, 0.1) is 0 Å². The van der Waals surface area contributed by atoms with E-state index in [0.717, 1.165) is 15.9 Å². The lowest BCUT2D eigenvalue weighted by molar-refractivity contribution is 1.15. The van der Waals surface area contributed by atoms with Crippen LogP contribution in [-0.2, 0) is 6.42 Å². The Morgan fingerprint density at radius 3 is 2.00 bits per heavy atom. The van der Waals surface area contributed by atoms with Crippen LogP contribution in [0.15, 0.2) is 78.9 Å². The van der Waals surface area contributed by atoms with Crippen LogP contribution in [0, 0.1) is 0 Å². The molecule has 0 nitrogen and oxygen atoms in total. The maximum atomic E-state index is 2.26. The van der Waals surface area contributed by atoms with E-state index in [1.165, 1.54) is 27.1 Å². The molecule has 0 fully saturated rings. The first-order valence-corrected chi connectivity index (χ1v) is 8.37. The van der Waals surface area contributed by atoms with E-state index in [2.05, 4.69) is 85.8 Å². The highest BCUT2D eigenvalue weighted by molar-refractivity contribution is 6.67. The summed E-state index contributed by atoms with van der Waals surface area (Å²) in [5, 5.41) is 2.86. The first kappa shape index (κ1) is 13.8. The van der Waals surface area contributed by atoms with Crippen LogP contribution in [0.3, 0.4) is 0 Å². The summed E-state index contributed by atoms with van der Waals surface area (Å²) < 4.78 is 0. The van der Waals surface area contributed by atoms with Gasteiger partial charge in [-0.2, -0.15) is 0 Å². The van der Waals surface area contributed by atoms with Crippen LogP contribution in [0.1, 0.15) is 12.5 Å². The van der Waals surface area contributed by atoms with E-state index in [9.17, 15) is 0 Å². The minimum absolute atomic E-state index is 0.736. The van der Waals surface area contributed by atoms with E-state index in [1.807, 2.05) is 0 Å². The Bertz CT molecular complexity index is 699. The van der Waals surface area contributed by atoms with Gasteiger partial charge in [0.2, 0.25) is 0 Å². The van der Waals surface area contributed by atoms with E-state index in [4.69, 9.17) is 0 Å². The Hall–Kier alpha value is -2.12. The Balaban J connectivity index is 1.82. The van der Waals surface area contributed by atoms with Crippen molar-refractivity contribution in [2.75, 3.05) is 0 Å². The van der Waals surface area contributed by atoms with E-state index in [1.54, 1.807) is 0 Å². The molecular weight excluding hydrogens is 268 g/mol. The fraction of sp³-hybridized carbons (Fsp3) is 0.100. The zero-order chi connectivity index (χ0) is 14.5. The van der Waals surface area contributed by atoms with Crippen molar-refractivity contribution in [3.05, 3.63) is 84.4 Å². The Kier molecular flexibility index (Phi) is 4.32. The molecule has 3 aromatic rings. The summed E-state index contributed by atoms with van der Waals surface area (Å²) in [6.45, 7) is 2.22. The molecule has 0 spiro atoms. The van der Waals surface area contributed by atoms with E-state index in [0.29, 0.717) is 0 Å². The molecule has 0 unspecified atom stereocenters. The number of hydrogen-bond donors (Lipinski definition) is 0. The zero-order valence-corrected chi connectivity index (χ0v) is 13.2. The van der Waals surface area contributed by atoms with Gasteiger partial charge in [-0.05, 0) is 23.1 Å². The number of rotatable bonds is 4. The normalized spacial score (nSPS) is 10.5. The lowest BCUT2D eigenvalue weighted by atomic mass is 10.1. The summed E-state index contributed by atoms with van der Waals surface area (Å²) in [6.07, 6.45) is 1.10. The van der Waals surface area contributed by atoms with Crippen molar-refractivity contribution >= 4 is 19.9 Å². The van der Waals surface area contributed by atoms with Crippen LogP contribution < -0.4 is 10.4 Å². The zero-order valence-electron chi connectivity index (χ0n) is 12.2. The van der Waals surface area contributed by atoms with Gasteiger partial charge in [0.25, 0.3) is 0 Å². The van der Waals surface area contributed by atoms with Crippen molar-refractivity contribution in [1.29, 1.82) is 0 Å². The van der Waals surface area contributed by atoms with Crippen molar-refractivity contribution in [3.63, 3.8) is 0 Å². The standard InChI is InChI=1S/C20H18Si/c1-2-16-8-6-7-11-20(16)21-19-14-12-18(13-15-19)17-9-4-3-5-10-17/h3-15H,2H2,1H3. The quantitative estimate of drug-likeness (QED) is 0.643. The van der Waals surface area contributed by atoms with Crippen LogP contribution in [0.5, 0.6) is 0 Å². The van der Waals surface area contributed by atoms with Crippen LogP contribution in [-0.4, -0.2) is 9.52 Å². The second-order valence-electron chi connectivity index (χ2n) is 5.08. The number of hydrogen-bond acceptors (Lipinski definition) is 0. The second kappa shape index (κ2) is 6.55. The summed E-state index contributed by atoms with van der Waals surface area (Å²) >= 11 is 0. The lowest BCUT2D eigenvalue weighted by Crippen LogP contribution is -2.29.